The number of ether oxygens (including phenoxy) is 2. The lowest BCUT2D eigenvalue weighted by molar-refractivity contribution is -0.137. The fourth-order valence-electron chi connectivity index (χ4n) is 3.79. The van der Waals surface area contributed by atoms with E-state index in [9.17, 15) is 26.4 Å². The first kappa shape index (κ1) is 26.3. The maximum absolute atomic E-state index is 13.3. The second kappa shape index (κ2) is 10.3. The first-order chi connectivity index (χ1) is 17.4. The van der Waals surface area contributed by atoms with Gasteiger partial charge in [0.2, 0.25) is 6.79 Å². The summed E-state index contributed by atoms with van der Waals surface area (Å²) in [5.74, 6) is 0.827. The van der Waals surface area contributed by atoms with Crippen molar-refractivity contribution in [2.75, 3.05) is 13.3 Å². The Labute approximate surface area is 212 Å². The molecule has 0 N–H and O–H groups in total. The lowest BCUT2D eigenvalue weighted by Gasteiger charge is -2.25. The van der Waals surface area contributed by atoms with Gasteiger partial charge in [0.25, 0.3) is 5.91 Å². The Kier molecular flexibility index (Phi) is 7.35. The smallest absolute Gasteiger partial charge is 0.416 e. The van der Waals surface area contributed by atoms with Crippen molar-refractivity contribution in [2.45, 2.75) is 31.5 Å². The first-order valence-corrected chi connectivity index (χ1v) is 12.7. The van der Waals surface area contributed by atoms with Crippen molar-refractivity contribution in [2.24, 2.45) is 5.92 Å². The van der Waals surface area contributed by atoms with Gasteiger partial charge in [0.15, 0.2) is 11.5 Å². The molecule has 4 rings (SSSR count). The van der Waals surface area contributed by atoms with Gasteiger partial charge >= 0.3 is 16.3 Å². The Hall–Kier alpha value is -3.73. The molecule has 0 radical (unpaired) electrons. The number of carbonyl (C=O) groups is 1. The minimum atomic E-state index is -4.70. The Balaban J connectivity index is 1.54. The van der Waals surface area contributed by atoms with Crippen molar-refractivity contribution in [3.8, 4) is 17.2 Å². The summed E-state index contributed by atoms with van der Waals surface area (Å²) in [6.45, 7) is 4.56. The molecule has 1 aliphatic heterocycles. The summed E-state index contributed by atoms with van der Waals surface area (Å²) >= 11 is 0. The summed E-state index contributed by atoms with van der Waals surface area (Å²) in [6, 6.07) is 14.3. The highest BCUT2D eigenvalue weighted by Gasteiger charge is 2.32. The zero-order valence-electron chi connectivity index (χ0n) is 20.0. The Morgan fingerprint density at radius 1 is 1.00 bits per heavy atom. The SMILES string of the molecule is CC(C)CN(Cc1cccc(OS(=O)(=O)c2cccc(C(F)(F)F)c2)c1)C(=O)c1ccc2c(c1)OCO2. The maximum Gasteiger partial charge on any atom is 0.416 e. The number of nitrogens with zero attached hydrogens (tertiary/aromatic N) is 1. The molecule has 1 heterocycles. The van der Waals surface area contributed by atoms with Crippen molar-refractivity contribution in [3.05, 3.63) is 83.4 Å². The van der Waals surface area contributed by atoms with Crippen LogP contribution in [-0.4, -0.2) is 32.6 Å². The molecule has 0 atom stereocenters. The molecule has 1 amide bonds. The third-order valence-electron chi connectivity index (χ3n) is 5.42. The number of rotatable bonds is 8. The molecule has 7 nitrogen and oxygen atoms in total. The molecule has 37 heavy (non-hydrogen) atoms. The third-order valence-corrected chi connectivity index (χ3v) is 6.66. The summed E-state index contributed by atoms with van der Waals surface area (Å²) in [5, 5.41) is 0. The molecule has 0 unspecified atom stereocenters. The third kappa shape index (κ3) is 6.34. The van der Waals surface area contributed by atoms with Crippen LogP contribution in [0.5, 0.6) is 17.2 Å². The summed E-state index contributed by atoms with van der Waals surface area (Å²) in [7, 11) is -4.53. The van der Waals surface area contributed by atoms with Crippen molar-refractivity contribution in [1.29, 1.82) is 0 Å². The molecule has 0 bridgehead atoms. The number of hydrogen-bond acceptors (Lipinski definition) is 6. The van der Waals surface area contributed by atoms with Gasteiger partial charge in [-0.3, -0.25) is 4.79 Å². The summed E-state index contributed by atoms with van der Waals surface area (Å²) < 4.78 is 80.2. The fourth-order valence-corrected chi connectivity index (χ4v) is 4.76. The standard InChI is InChI=1S/C26H24F3NO6S/c1-17(2)14-30(25(31)19-9-10-23-24(12-19)35-16-34-23)15-18-5-3-7-21(11-18)36-37(32,33)22-8-4-6-20(13-22)26(27,28)29/h3-13,17H,14-16H2,1-2H3. The molecule has 0 aliphatic carbocycles. The van der Waals surface area contributed by atoms with Crippen molar-refractivity contribution in [3.63, 3.8) is 0 Å². The number of halogens is 3. The van der Waals surface area contributed by atoms with E-state index in [0.717, 1.165) is 18.2 Å². The molecule has 3 aromatic carbocycles. The van der Waals surface area contributed by atoms with Crippen LogP contribution in [0.3, 0.4) is 0 Å². The first-order valence-electron chi connectivity index (χ1n) is 11.3. The molecule has 0 saturated carbocycles. The Bertz CT molecular complexity index is 1410. The van der Waals surface area contributed by atoms with Crippen LogP contribution in [0.4, 0.5) is 13.2 Å². The summed E-state index contributed by atoms with van der Waals surface area (Å²) in [4.78, 5) is 14.3. The van der Waals surface area contributed by atoms with Gasteiger partial charge in [-0.05, 0) is 60.0 Å². The van der Waals surface area contributed by atoms with Crippen LogP contribution < -0.4 is 13.7 Å². The second-order valence-corrected chi connectivity index (χ2v) is 10.4. The predicted molar refractivity (Wildman–Crippen MR) is 128 cm³/mol. The van der Waals surface area contributed by atoms with E-state index in [4.69, 9.17) is 13.7 Å². The number of alkyl halides is 3. The maximum atomic E-state index is 13.3. The summed E-state index contributed by atoms with van der Waals surface area (Å²) in [6.07, 6.45) is -4.70. The van der Waals surface area contributed by atoms with Crippen molar-refractivity contribution >= 4 is 16.0 Å². The zero-order valence-corrected chi connectivity index (χ0v) is 20.8. The van der Waals surface area contributed by atoms with Crippen molar-refractivity contribution < 1.29 is 40.0 Å². The molecule has 0 fully saturated rings. The highest BCUT2D eigenvalue weighted by Crippen LogP contribution is 2.33. The molecule has 3 aromatic rings. The lowest BCUT2D eigenvalue weighted by Crippen LogP contribution is -2.33. The van der Waals surface area contributed by atoms with Gasteiger partial charge in [0.05, 0.1) is 5.56 Å². The van der Waals surface area contributed by atoms with Crippen LogP contribution in [0.2, 0.25) is 0 Å². The number of benzene rings is 3. The van der Waals surface area contributed by atoms with Gasteiger partial charge in [-0.1, -0.05) is 32.0 Å². The Morgan fingerprint density at radius 3 is 2.46 bits per heavy atom. The van der Waals surface area contributed by atoms with Crippen LogP contribution in [0.25, 0.3) is 0 Å². The second-order valence-electron chi connectivity index (χ2n) is 8.86. The minimum Gasteiger partial charge on any atom is -0.454 e. The van der Waals surface area contributed by atoms with Gasteiger partial charge in [-0.25, -0.2) is 0 Å². The van der Waals surface area contributed by atoms with Crippen LogP contribution >= 0.6 is 0 Å². The molecular weight excluding hydrogens is 511 g/mol. The van der Waals surface area contributed by atoms with E-state index >= 15 is 0 Å². The van der Waals surface area contributed by atoms with Gasteiger partial charge in [-0.2, -0.15) is 21.6 Å². The van der Waals surface area contributed by atoms with Crippen LogP contribution in [0.1, 0.15) is 35.3 Å². The fraction of sp³-hybridized carbons (Fsp3) is 0.269. The molecule has 0 spiro atoms. The summed E-state index contributed by atoms with van der Waals surface area (Å²) in [5.41, 5.74) is -0.117. The number of fused-ring (bicyclic) bond motifs is 1. The van der Waals surface area contributed by atoms with E-state index in [-0.39, 0.29) is 30.9 Å². The van der Waals surface area contributed by atoms with Gasteiger partial charge in [-0.15, -0.1) is 0 Å². The topological polar surface area (TPSA) is 82.1 Å². The van der Waals surface area contributed by atoms with E-state index < -0.39 is 26.8 Å². The minimum absolute atomic E-state index is 0.0822. The van der Waals surface area contributed by atoms with E-state index in [0.29, 0.717) is 35.2 Å². The molecule has 11 heteroatoms. The predicted octanol–water partition coefficient (Wildman–Crippen LogP) is 5.50. The molecule has 0 aromatic heterocycles. The highest BCUT2D eigenvalue weighted by atomic mass is 32.2. The normalized spacial score (nSPS) is 13.0. The molecule has 196 valence electrons. The van der Waals surface area contributed by atoms with Crippen molar-refractivity contribution in [1.82, 2.24) is 4.90 Å². The van der Waals surface area contributed by atoms with E-state index in [1.54, 1.807) is 35.2 Å². The van der Waals surface area contributed by atoms with Gasteiger partial charge in [0.1, 0.15) is 10.6 Å². The number of carbonyl (C=O) groups excluding carboxylic acids is 1. The van der Waals surface area contributed by atoms with E-state index in [1.807, 2.05) is 13.8 Å². The van der Waals surface area contributed by atoms with E-state index in [2.05, 4.69) is 0 Å². The van der Waals surface area contributed by atoms with Crippen LogP contribution in [-0.2, 0) is 22.8 Å². The Morgan fingerprint density at radius 2 is 1.73 bits per heavy atom. The largest absolute Gasteiger partial charge is 0.454 e. The molecule has 1 aliphatic rings. The number of hydrogen-bond donors (Lipinski definition) is 0. The van der Waals surface area contributed by atoms with Crippen LogP contribution in [0.15, 0.2) is 71.6 Å². The van der Waals surface area contributed by atoms with Gasteiger partial charge in [0, 0.05) is 18.7 Å². The molecule has 0 saturated heterocycles. The monoisotopic (exact) mass is 535 g/mol. The highest BCUT2D eigenvalue weighted by molar-refractivity contribution is 7.87. The lowest BCUT2D eigenvalue weighted by atomic mass is 10.1. The number of amides is 1. The van der Waals surface area contributed by atoms with E-state index in [1.165, 1.54) is 12.1 Å². The quantitative estimate of drug-likeness (QED) is 0.355. The average Bonchev–Trinajstić information content (AvgIpc) is 3.30. The van der Waals surface area contributed by atoms with Gasteiger partial charge < -0.3 is 18.6 Å². The van der Waals surface area contributed by atoms with Crippen LogP contribution in [0, 0.1) is 5.92 Å². The average molecular weight is 536 g/mol. The molecular formula is C26H24F3NO6S. The zero-order chi connectivity index (χ0) is 26.8.